The standard InChI is InChI=1S/C16H33N3/c1-4-13-5-6-16(17)14(11-13)12-19(3)15-7-9-18(2)10-8-15/h13-16H,4-12,17H2,1-3H3. The lowest BCUT2D eigenvalue weighted by Crippen LogP contribution is -2.47. The first kappa shape index (κ1) is 15.3. The minimum absolute atomic E-state index is 0.441. The lowest BCUT2D eigenvalue weighted by molar-refractivity contribution is 0.103. The van der Waals surface area contributed by atoms with Crippen molar-refractivity contribution in [2.45, 2.75) is 57.5 Å². The van der Waals surface area contributed by atoms with Crippen molar-refractivity contribution < 1.29 is 0 Å². The van der Waals surface area contributed by atoms with Gasteiger partial charge >= 0.3 is 0 Å². The lowest BCUT2D eigenvalue weighted by Gasteiger charge is -2.40. The topological polar surface area (TPSA) is 32.5 Å². The van der Waals surface area contributed by atoms with Crippen LogP contribution in [0, 0.1) is 11.8 Å². The van der Waals surface area contributed by atoms with E-state index in [1.807, 2.05) is 0 Å². The van der Waals surface area contributed by atoms with Gasteiger partial charge in [0, 0.05) is 18.6 Å². The van der Waals surface area contributed by atoms with Gasteiger partial charge in [0.2, 0.25) is 0 Å². The summed E-state index contributed by atoms with van der Waals surface area (Å²) in [5.41, 5.74) is 6.36. The molecule has 2 aliphatic rings. The van der Waals surface area contributed by atoms with Crippen molar-refractivity contribution in [1.82, 2.24) is 9.80 Å². The van der Waals surface area contributed by atoms with Gasteiger partial charge < -0.3 is 15.5 Å². The number of nitrogens with two attached hydrogens (primary N) is 1. The molecular formula is C16H33N3. The van der Waals surface area contributed by atoms with E-state index >= 15 is 0 Å². The summed E-state index contributed by atoms with van der Waals surface area (Å²) >= 11 is 0. The number of rotatable bonds is 4. The molecule has 112 valence electrons. The Labute approximate surface area is 119 Å². The predicted molar refractivity (Wildman–Crippen MR) is 82.2 cm³/mol. The smallest absolute Gasteiger partial charge is 0.0117 e. The van der Waals surface area contributed by atoms with Gasteiger partial charge in [-0.2, -0.15) is 0 Å². The molecule has 0 aromatic heterocycles. The van der Waals surface area contributed by atoms with Crippen LogP contribution < -0.4 is 5.73 Å². The minimum Gasteiger partial charge on any atom is -0.327 e. The van der Waals surface area contributed by atoms with Crippen molar-refractivity contribution >= 4 is 0 Å². The Kier molecular flexibility index (Phi) is 5.67. The first-order chi connectivity index (χ1) is 9.10. The Morgan fingerprint density at radius 3 is 2.47 bits per heavy atom. The molecular weight excluding hydrogens is 234 g/mol. The highest BCUT2D eigenvalue weighted by atomic mass is 15.2. The second-order valence-corrected chi connectivity index (χ2v) is 6.99. The monoisotopic (exact) mass is 267 g/mol. The van der Waals surface area contributed by atoms with Gasteiger partial charge in [0.25, 0.3) is 0 Å². The van der Waals surface area contributed by atoms with Gasteiger partial charge in [0.15, 0.2) is 0 Å². The van der Waals surface area contributed by atoms with E-state index in [4.69, 9.17) is 5.73 Å². The largest absolute Gasteiger partial charge is 0.327 e. The molecule has 0 spiro atoms. The molecule has 3 unspecified atom stereocenters. The van der Waals surface area contributed by atoms with Gasteiger partial charge in [-0.1, -0.05) is 13.3 Å². The van der Waals surface area contributed by atoms with Crippen molar-refractivity contribution in [1.29, 1.82) is 0 Å². The van der Waals surface area contributed by atoms with Gasteiger partial charge in [-0.15, -0.1) is 0 Å². The lowest BCUT2D eigenvalue weighted by atomic mass is 9.77. The maximum absolute atomic E-state index is 6.36. The SMILES string of the molecule is CCC1CCC(N)C(CN(C)C2CCN(C)CC2)C1. The third-order valence-corrected chi connectivity index (χ3v) is 5.56. The third-order valence-electron chi connectivity index (χ3n) is 5.56. The molecule has 0 aromatic rings. The van der Waals surface area contributed by atoms with Crippen molar-refractivity contribution in [3.8, 4) is 0 Å². The van der Waals surface area contributed by atoms with Crippen LogP contribution in [-0.4, -0.2) is 55.6 Å². The Morgan fingerprint density at radius 2 is 1.84 bits per heavy atom. The molecule has 0 bridgehead atoms. The Hall–Kier alpha value is -0.120. The summed E-state index contributed by atoms with van der Waals surface area (Å²) in [6, 6.07) is 1.22. The molecule has 3 atom stereocenters. The van der Waals surface area contributed by atoms with Gasteiger partial charge in [-0.3, -0.25) is 0 Å². The Bertz CT molecular complexity index is 261. The summed E-state index contributed by atoms with van der Waals surface area (Å²) in [7, 11) is 4.55. The van der Waals surface area contributed by atoms with E-state index in [1.165, 1.54) is 58.2 Å². The minimum atomic E-state index is 0.441. The van der Waals surface area contributed by atoms with Crippen molar-refractivity contribution in [3.63, 3.8) is 0 Å². The van der Waals surface area contributed by atoms with E-state index in [2.05, 4.69) is 30.8 Å². The highest BCUT2D eigenvalue weighted by Crippen LogP contribution is 2.31. The van der Waals surface area contributed by atoms with Crippen molar-refractivity contribution in [2.75, 3.05) is 33.7 Å². The average Bonchev–Trinajstić information content (AvgIpc) is 2.42. The van der Waals surface area contributed by atoms with E-state index in [0.29, 0.717) is 6.04 Å². The maximum Gasteiger partial charge on any atom is 0.0117 e. The molecule has 1 saturated carbocycles. The van der Waals surface area contributed by atoms with Crippen LogP contribution in [0.15, 0.2) is 0 Å². The molecule has 1 saturated heterocycles. The van der Waals surface area contributed by atoms with Gasteiger partial charge in [0.05, 0.1) is 0 Å². The second kappa shape index (κ2) is 7.05. The van der Waals surface area contributed by atoms with Gasteiger partial charge in [-0.25, -0.2) is 0 Å². The molecule has 2 N–H and O–H groups in total. The molecule has 0 amide bonds. The summed E-state index contributed by atoms with van der Waals surface area (Å²) in [4.78, 5) is 5.05. The van der Waals surface area contributed by atoms with Crippen LogP contribution in [0.4, 0.5) is 0 Å². The predicted octanol–water partition coefficient (Wildman–Crippen LogP) is 2.17. The number of nitrogens with zero attached hydrogens (tertiary/aromatic N) is 2. The van der Waals surface area contributed by atoms with Crippen LogP contribution in [0.1, 0.15) is 45.4 Å². The molecule has 19 heavy (non-hydrogen) atoms. The summed E-state index contributed by atoms with van der Waals surface area (Å²) < 4.78 is 0. The zero-order valence-electron chi connectivity index (χ0n) is 13.1. The van der Waals surface area contributed by atoms with Crippen LogP contribution >= 0.6 is 0 Å². The zero-order valence-corrected chi connectivity index (χ0v) is 13.1. The van der Waals surface area contributed by atoms with Crippen LogP contribution in [0.2, 0.25) is 0 Å². The van der Waals surface area contributed by atoms with E-state index in [1.54, 1.807) is 0 Å². The third kappa shape index (κ3) is 4.17. The van der Waals surface area contributed by atoms with Crippen LogP contribution in [0.5, 0.6) is 0 Å². The van der Waals surface area contributed by atoms with Gasteiger partial charge in [-0.05, 0) is 71.1 Å². The first-order valence-corrected chi connectivity index (χ1v) is 8.24. The number of hydrogen-bond acceptors (Lipinski definition) is 3. The molecule has 2 fully saturated rings. The number of likely N-dealkylation sites (tertiary alicyclic amines) is 1. The fraction of sp³-hybridized carbons (Fsp3) is 1.00. The summed E-state index contributed by atoms with van der Waals surface area (Å²) in [5, 5.41) is 0. The number of piperidine rings is 1. The highest BCUT2D eigenvalue weighted by molar-refractivity contribution is 4.86. The summed E-state index contributed by atoms with van der Waals surface area (Å²) in [6.45, 7) is 6.05. The fourth-order valence-corrected chi connectivity index (χ4v) is 3.92. The van der Waals surface area contributed by atoms with Crippen molar-refractivity contribution in [3.05, 3.63) is 0 Å². The summed E-state index contributed by atoms with van der Waals surface area (Å²) in [6.07, 6.45) is 7.94. The molecule has 2 rings (SSSR count). The molecule has 3 nitrogen and oxygen atoms in total. The Morgan fingerprint density at radius 1 is 1.16 bits per heavy atom. The quantitative estimate of drug-likeness (QED) is 0.847. The Balaban J connectivity index is 1.81. The highest BCUT2D eigenvalue weighted by Gasteiger charge is 2.30. The summed E-state index contributed by atoms with van der Waals surface area (Å²) in [5.74, 6) is 1.65. The molecule has 0 aromatic carbocycles. The molecule has 1 aliphatic heterocycles. The van der Waals surface area contributed by atoms with E-state index < -0.39 is 0 Å². The number of hydrogen-bond donors (Lipinski definition) is 1. The van der Waals surface area contributed by atoms with Gasteiger partial charge in [0.1, 0.15) is 0 Å². The van der Waals surface area contributed by atoms with E-state index in [9.17, 15) is 0 Å². The maximum atomic E-state index is 6.36. The van der Waals surface area contributed by atoms with E-state index in [0.717, 1.165) is 17.9 Å². The molecule has 1 aliphatic carbocycles. The first-order valence-electron chi connectivity index (χ1n) is 8.24. The molecule has 1 heterocycles. The second-order valence-electron chi connectivity index (χ2n) is 6.99. The normalized spacial score (nSPS) is 34.9. The fourth-order valence-electron chi connectivity index (χ4n) is 3.92. The van der Waals surface area contributed by atoms with Crippen LogP contribution in [-0.2, 0) is 0 Å². The average molecular weight is 267 g/mol. The molecule has 3 heteroatoms. The molecule has 0 radical (unpaired) electrons. The van der Waals surface area contributed by atoms with Crippen LogP contribution in [0.25, 0.3) is 0 Å². The van der Waals surface area contributed by atoms with Crippen molar-refractivity contribution in [2.24, 2.45) is 17.6 Å². The van der Waals surface area contributed by atoms with Crippen LogP contribution in [0.3, 0.4) is 0 Å². The zero-order chi connectivity index (χ0) is 13.8. The van der Waals surface area contributed by atoms with E-state index in [-0.39, 0.29) is 0 Å².